The molecule has 3 aromatic heterocycles. The van der Waals surface area contributed by atoms with Gasteiger partial charge in [0.2, 0.25) is 5.82 Å². The van der Waals surface area contributed by atoms with Crippen LogP contribution >= 0.6 is 0 Å². The molecule has 2 aliphatic rings. The zero-order valence-electron chi connectivity index (χ0n) is 17.7. The lowest BCUT2D eigenvalue weighted by Crippen LogP contribution is -2.17. The molecule has 0 radical (unpaired) electrons. The summed E-state index contributed by atoms with van der Waals surface area (Å²) in [6.07, 6.45) is 7.16. The Morgan fingerprint density at radius 2 is 2.19 bits per heavy atom. The van der Waals surface area contributed by atoms with Gasteiger partial charge in [-0.3, -0.25) is 4.79 Å². The number of nitrogens with one attached hydrogen (secondary N) is 1. The maximum Gasteiger partial charge on any atom is 0.259 e. The number of aryl methyl sites for hydroxylation is 1. The molecule has 1 atom stereocenters. The summed E-state index contributed by atoms with van der Waals surface area (Å²) in [4.78, 5) is 14.5. The van der Waals surface area contributed by atoms with Crippen molar-refractivity contribution in [2.75, 3.05) is 11.9 Å². The van der Waals surface area contributed by atoms with Gasteiger partial charge in [0.05, 0.1) is 36.5 Å². The van der Waals surface area contributed by atoms with Crippen molar-refractivity contribution in [2.24, 2.45) is 5.41 Å². The van der Waals surface area contributed by atoms with Gasteiger partial charge in [-0.2, -0.15) is 9.90 Å². The number of benzene rings is 1. The first kappa shape index (κ1) is 19.1. The van der Waals surface area contributed by atoms with Crippen molar-refractivity contribution >= 4 is 17.1 Å². The van der Waals surface area contributed by atoms with Crippen LogP contribution in [0.2, 0.25) is 0 Å². The minimum absolute atomic E-state index is 0.151. The molecule has 6 rings (SSSR count). The molecular weight excluding hydrogens is 406 g/mol. The van der Waals surface area contributed by atoms with Gasteiger partial charge in [-0.05, 0) is 60.6 Å². The summed E-state index contributed by atoms with van der Waals surface area (Å²) in [5.41, 5.74) is 4.14. The van der Waals surface area contributed by atoms with Crippen molar-refractivity contribution in [3.63, 3.8) is 0 Å². The number of nitrogens with zero attached hydrogens (tertiary/aromatic N) is 6. The van der Waals surface area contributed by atoms with Gasteiger partial charge in [0, 0.05) is 17.4 Å². The number of tetrazole rings is 1. The highest BCUT2D eigenvalue weighted by molar-refractivity contribution is 6.09. The van der Waals surface area contributed by atoms with Crippen LogP contribution in [-0.4, -0.2) is 48.4 Å². The molecule has 1 saturated carbocycles. The second-order valence-electron chi connectivity index (χ2n) is 8.88. The zero-order chi connectivity index (χ0) is 21.7. The van der Waals surface area contributed by atoms with E-state index < -0.39 is 0 Å². The topological polar surface area (TPSA) is 99.2 Å². The number of rotatable bonds is 5. The van der Waals surface area contributed by atoms with E-state index in [4.69, 9.17) is 4.74 Å². The first-order valence-electron chi connectivity index (χ1n) is 10.8. The lowest BCUT2D eigenvalue weighted by atomic mass is 10.0. The first-order chi connectivity index (χ1) is 15.6. The fraction of sp³-hybridized carbons (Fsp3) is 0.348. The number of pyridine rings is 1. The van der Waals surface area contributed by atoms with Crippen molar-refractivity contribution in [1.82, 2.24) is 29.8 Å². The zero-order valence-corrected chi connectivity index (χ0v) is 17.7. The van der Waals surface area contributed by atoms with Crippen molar-refractivity contribution < 1.29 is 9.53 Å². The standard InChI is InChI=1S/C23H23N7O2/c1-15-5-6-16(21-26-28-30(27-21)13-17-11-23(7-8-23)14-32-17)10-19(15)25-22(31)18-12-24-29-9-3-2-4-20(18)29/h2-6,9-10,12,17H,7-8,11,13-14H2,1H3,(H,25,31). The third kappa shape index (κ3) is 3.44. The largest absolute Gasteiger partial charge is 0.376 e. The fourth-order valence-corrected chi connectivity index (χ4v) is 4.35. The summed E-state index contributed by atoms with van der Waals surface area (Å²) in [5, 5.41) is 20.2. The van der Waals surface area contributed by atoms with Crippen LogP contribution in [-0.2, 0) is 11.3 Å². The molecule has 4 aromatic rings. The summed E-state index contributed by atoms with van der Waals surface area (Å²) < 4.78 is 7.59. The Balaban J connectivity index is 1.20. The van der Waals surface area contributed by atoms with Crippen LogP contribution in [0.3, 0.4) is 0 Å². The van der Waals surface area contributed by atoms with Crippen LogP contribution in [0.25, 0.3) is 16.9 Å². The van der Waals surface area contributed by atoms with Gasteiger partial charge in [0.25, 0.3) is 5.91 Å². The van der Waals surface area contributed by atoms with Crippen molar-refractivity contribution in [3.05, 3.63) is 59.9 Å². The van der Waals surface area contributed by atoms with Crippen molar-refractivity contribution in [1.29, 1.82) is 0 Å². The van der Waals surface area contributed by atoms with E-state index in [0.29, 0.717) is 29.0 Å². The van der Waals surface area contributed by atoms with Gasteiger partial charge in [0.15, 0.2) is 0 Å². The van der Waals surface area contributed by atoms with Crippen LogP contribution in [0.5, 0.6) is 0 Å². The van der Waals surface area contributed by atoms with Crippen molar-refractivity contribution in [3.8, 4) is 11.4 Å². The number of ether oxygens (including phenoxy) is 1. The molecule has 2 fully saturated rings. The summed E-state index contributed by atoms with van der Waals surface area (Å²) >= 11 is 0. The van der Waals surface area contributed by atoms with Crippen LogP contribution in [0.4, 0.5) is 5.69 Å². The lowest BCUT2D eigenvalue weighted by molar-refractivity contribution is 0.0855. The van der Waals surface area contributed by atoms with E-state index in [1.165, 1.54) is 12.8 Å². The molecule has 1 aliphatic carbocycles. The first-order valence-corrected chi connectivity index (χ1v) is 10.8. The highest BCUT2D eigenvalue weighted by Crippen LogP contribution is 2.53. The Morgan fingerprint density at radius 1 is 1.28 bits per heavy atom. The Bertz CT molecular complexity index is 1320. The molecule has 1 amide bonds. The second-order valence-corrected chi connectivity index (χ2v) is 8.88. The highest BCUT2D eigenvalue weighted by Gasteiger charge is 2.49. The normalized spacial score (nSPS) is 19.0. The van der Waals surface area contributed by atoms with Crippen LogP contribution < -0.4 is 5.32 Å². The maximum absolute atomic E-state index is 12.9. The molecule has 9 heteroatoms. The third-order valence-corrected chi connectivity index (χ3v) is 6.48. The Hall–Kier alpha value is -3.59. The molecule has 4 heterocycles. The number of carbonyl (C=O) groups excluding carboxylic acids is 1. The Kier molecular flexibility index (Phi) is 4.32. The Labute approximate surface area is 184 Å². The third-order valence-electron chi connectivity index (χ3n) is 6.48. The molecule has 1 spiro atoms. The number of amides is 1. The smallest absolute Gasteiger partial charge is 0.259 e. The molecule has 1 unspecified atom stereocenters. The van der Waals surface area contributed by atoms with Crippen LogP contribution in [0.1, 0.15) is 35.2 Å². The average Bonchev–Trinajstić information content (AvgIpc) is 3.14. The summed E-state index contributed by atoms with van der Waals surface area (Å²) in [7, 11) is 0. The van der Waals surface area contributed by atoms with Crippen LogP contribution in [0, 0.1) is 12.3 Å². The van der Waals surface area contributed by atoms with Gasteiger partial charge >= 0.3 is 0 Å². The van der Waals surface area contributed by atoms with E-state index in [1.807, 2.05) is 49.5 Å². The number of hydrogen-bond donors (Lipinski definition) is 1. The van der Waals surface area contributed by atoms with Gasteiger partial charge < -0.3 is 10.1 Å². The number of carbonyl (C=O) groups is 1. The SMILES string of the molecule is Cc1ccc(-c2nnn(CC3CC4(CC4)CO3)n2)cc1NC(=O)c1cnn2ccccc12. The number of aromatic nitrogens is 6. The minimum atomic E-state index is -0.213. The van der Waals surface area contributed by atoms with Gasteiger partial charge in [0.1, 0.15) is 0 Å². The quantitative estimate of drug-likeness (QED) is 0.523. The predicted molar refractivity (Wildman–Crippen MR) is 117 cm³/mol. The molecule has 1 aromatic carbocycles. The minimum Gasteiger partial charge on any atom is -0.376 e. The number of anilines is 1. The van der Waals surface area contributed by atoms with Gasteiger partial charge in [-0.25, -0.2) is 4.52 Å². The molecule has 32 heavy (non-hydrogen) atoms. The summed E-state index contributed by atoms with van der Waals surface area (Å²) in [6.45, 7) is 3.41. The number of fused-ring (bicyclic) bond motifs is 1. The maximum atomic E-state index is 12.9. The van der Waals surface area contributed by atoms with E-state index >= 15 is 0 Å². The second kappa shape index (κ2) is 7.23. The van der Waals surface area contributed by atoms with E-state index in [2.05, 4.69) is 25.8 Å². The molecule has 1 saturated heterocycles. The molecular formula is C23H23N7O2. The highest BCUT2D eigenvalue weighted by atomic mass is 16.5. The summed E-state index contributed by atoms with van der Waals surface area (Å²) in [5.74, 6) is 0.311. The predicted octanol–water partition coefficient (Wildman–Crippen LogP) is 3.12. The molecule has 1 aliphatic heterocycles. The van der Waals surface area contributed by atoms with Gasteiger partial charge in [-0.15, -0.1) is 10.2 Å². The molecule has 9 nitrogen and oxygen atoms in total. The molecule has 1 N–H and O–H groups in total. The molecule has 162 valence electrons. The van der Waals surface area contributed by atoms with Gasteiger partial charge in [-0.1, -0.05) is 18.2 Å². The van der Waals surface area contributed by atoms with E-state index in [9.17, 15) is 4.79 Å². The van der Waals surface area contributed by atoms with Crippen LogP contribution in [0.15, 0.2) is 48.8 Å². The number of hydrogen-bond acceptors (Lipinski definition) is 6. The van der Waals surface area contributed by atoms with E-state index in [-0.39, 0.29) is 12.0 Å². The molecule has 0 bridgehead atoms. The Morgan fingerprint density at radius 3 is 3.03 bits per heavy atom. The van der Waals surface area contributed by atoms with E-state index in [1.54, 1.807) is 15.5 Å². The monoisotopic (exact) mass is 429 g/mol. The summed E-state index contributed by atoms with van der Waals surface area (Å²) in [6, 6.07) is 11.4. The lowest BCUT2D eigenvalue weighted by Gasteiger charge is -2.09. The van der Waals surface area contributed by atoms with E-state index in [0.717, 1.165) is 29.7 Å². The average molecular weight is 429 g/mol. The van der Waals surface area contributed by atoms with Crippen molar-refractivity contribution in [2.45, 2.75) is 38.8 Å². The fourth-order valence-electron chi connectivity index (χ4n) is 4.35.